The highest BCUT2D eigenvalue weighted by molar-refractivity contribution is 6.30. The van der Waals surface area contributed by atoms with Gasteiger partial charge in [-0.05, 0) is 49.2 Å². The molecule has 0 unspecified atom stereocenters. The molecule has 114 valence electrons. The Kier molecular flexibility index (Phi) is 5.17. The maximum atomic E-state index is 11.9. The predicted octanol–water partition coefficient (Wildman–Crippen LogP) is 3.92. The lowest BCUT2D eigenvalue weighted by Crippen LogP contribution is -2.21. The summed E-state index contributed by atoms with van der Waals surface area (Å²) >= 11 is 5.84. The van der Waals surface area contributed by atoms with E-state index in [4.69, 9.17) is 11.6 Å². The van der Waals surface area contributed by atoms with Gasteiger partial charge in [-0.3, -0.25) is 9.59 Å². The lowest BCUT2D eigenvalue weighted by molar-refractivity contribution is -0.123. The predicted molar refractivity (Wildman–Crippen MR) is 89.2 cm³/mol. The van der Waals surface area contributed by atoms with Crippen LogP contribution in [0.4, 0.5) is 11.4 Å². The van der Waals surface area contributed by atoms with E-state index in [9.17, 15) is 9.59 Å². The van der Waals surface area contributed by atoms with Gasteiger partial charge in [0, 0.05) is 16.4 Å². The summed E-state index contributed by atoms with van der Waals surface area (Å²) in [4.78, 5) is 23.8. The molecule has 0 spiro atoms. The molecule has 0 saturated heterocycles. The van der Waals surface area contributed by atoms with Gasteiger partial charge in [-0.2, -0.15) is 0 Å². The monoisotopic (exact) mass is 316 g/mol. The highest BCUT2D eigenvalue weighted by Gasteiger charge is 2.11. The first kappa shape index (κ1) is 16.0. The molecule has 2 amide bonds. The van der Waals surface area contributed by atoms with Gasteiger partial charge in [-0.25, -0.2) is 0 Å². The Morgan fingerprint density at radius 2 is 1.68 bits per heavy atom. The smallest absolute Gasteiger partial charge is 0.233 e. The molecule has 0 radical (unpaired) electrons. The molecule has 0 aliphatic rings. The van der Waals surface area contributed by atoms with Crippen LogP contribution >= 0.6 is 11.6 Å². The van der Waals surface area contributed by atoms with Crippen LogP contribution in [0.15, 0.2) is 42.5 Å². The molecule has 0 aromatic heterocycles. The third-order valence-corrected chi connectivity index (χ3v) is 3.54. The van der Waals surface area contributed by atoms with Gasteiger partial charge in [-0.1, -0.05) is 29.8 Å². The second-order valence-electron chi connectivity index (χ2n) is 5.03. The summed E-state index contributed by atoms with van der Waals surface area (Å²) in [6, 6.07) is 12.4. The number of anilines is 2. The summed E-state index contributed by atoms with van der Waals surface area (Å²) in [7, 11) is 0. The van der Waals surface area contributed by atoms with Gasteiger partial charge in [0.1, 0.15) is 6.42 Å². The molecule has 2 rings (SSSR count). The van der Waals surface area contributed by atoms with Crippen LogP contribution in [0, 0.1) is 13.8 Å². The topological polar surface area (TPSA) is 58.2 Å². The largest absolute Gasteiger partial charge is 0.326 e. The molecular weight excluding hydrogens is 300 g/mol. The van der Waals surface area contributed by atoms with E-state index < -0.39 is 0 Å². The Labute approximate surface area is 134 Å². The zero-order valence-electron chi connectivity index (χ0n) is 12.4. The van der Waals surface area contributed by atoms with Crippen molar-refractivity contribution in [3.8, 4) is 0 Å². The molecule has 4 nitrogen and oxygen atoms in total. The number of halogens is 1. The lowest BCUT2D eigenvalue weighted by atomic mass is 10.1. The van der Waals surface area contributed by atoms with Crippen LogP contribution in [0.2, 0.25) is 5.02 Å². The van der Waals surface area contributed by atoms with E-state index >= 15 is 0 Å². The Morgan fingerprint density at radius 3 is 2.41 bits per heavy atom. The number of benzene rings is 2. The van der Waals surface area contributed by atoms with Crippen LogP contribution in [0.25, 0.3) is 0 Å². The van der Waals surface area contributed by atoms with Crippen LogP contribution in [-0.2, 0) is 9.59 Å². The van der Waals surface area contributed by atoms with Crippen molar-refractivity contribution in [1.29, 1.82) is 0 Å². The second kappa shape index (κ2) is 7.09. The molecule has 0 aliphatic heterocycles. The van der Waals surface area contributed by atoms with Gasteiger partial charge in [0.15, 0.2) is 0 Å². The van der Waals surface area contributed by atoms with E-state index in [1.54, 1.807) is 24.3 Å². The summed E-state index contributed by atoms with van der Waals surface area (Å²) in [5.74, 6) is -0.738. The van der Waals surface area contributed by atoms with Crippen LogP contribution in [0.1, 0.15) is 17.5 Å². The highest BCUT2D eigenvalue weighted by Crippen LogP contribution is 2.18. The minimum Gasteiger partial charge on any atom is -0.326 e. The van der Waals surface area contributed by atoms with Crippen molar-refractivity contribution in [2.45, 2.75) is 20.3 Å². The average molecular weight is 317 g/mol. The zero-order valence-corrected chi connectivity index (χ0v) is 13.2. The minimum absolute atomic E-state index is 0.250. The van der Waals surface area contributed by atoms with E-state index in [1.807, 2.05) is 32.0 Å². The zero-order chi connectivity index (χ0) is 16.1. The Bertz CT molecular complexity index is 714. The van der Waals surface area contributed by atoms with Gasteiger partial charge < -0.3 is 10.6 Å². The second-order valence-corrected chi connectivity index (χ2v) is 5.47. The van der Waals surface area contributed by atoms with E-state index in [1.165, 1.54) is 0 Å². The molecule has 0 atom stereocenters. The molecule has 0 fully saturated rings. The van der Waals surface area contributed by atoms with Crippen molar-refractivity contribution in [2.24, 2.45) is 0 Å². The molecule has 2 N–H and O–H groups in total. The molecule has 0 aliphatic carbocycles. The molecule has 2 aromatic carbocycles. The molecule has 0 heterocycles. The third-order valence-electron chi connectivity index (χ3n) is 3.31. The van der Waals surface area contributed by atoms with E-state index in [2.05, 4.69) is 10.6 Å². The van der Waals surface area contributed by atoms with Crippen molar-refractivity contribution < 1.29 is 9.59 Å². The maximum Gasteiger partial charge on any atom is 0.233 e. The van der Waals surface area contributed by atoms with Crippen molar-refractivity contribution in [3.63, 3.8) is 0 Å². The number of hydrogen-bond acceptors (Lipinski definition) is 2. The number of hydrogen-bond donors (Lipinski definition) is 2. The number of amides is 2. The number of aryl methyl sites for hydroxylation is 1. The summed E-state index contributed by atoms with van der Waals surface area (Å²) in [6.45, 7) is 3.90. The Morgan fingerprint density at radius 1 is 1.00 bits per heavy atom. The Balaban J connectivity index is 1.94. The SMILES string of the molecule is Cc1cccc(NC(=O)CC(=O)Nc2cccc(Cl)c2)c1C. The lowest BCUT2D eigenvalue weighted by Gasteiger charge is -2.10. The summed E-state index contributed by atoms with van der Waals surface area (Å²) in [5.41, 5.74) is 3.37. The fourth-order valence-electron chi connectivity index (χ4n) is 2.00. The molecule has 5 heteroatoms. The van der Waals surface area contributed by atoms with Crippen LogP contribution in [-0.4, -0.2) is 11.8 Å². The van der Waals surface area contributed by atoms with Gasteiger partial charge in [0.2, 0.25) is 11.8 Å². The summed E-state index contributed by atoms with van der Waals surface area (Å²) in [6.07, 6.45) is -0.250. The van der Waals surface area contributed by atoms with Gasteiger partial charge in [0.05, 0.1) is 0 Å². The Hall–Kier alpha value is -2.33. The van der Waals surface area contributed by atoms with E-state index in [-0.39, 0.29) is 18.2 Å². The van der Waals surface area contributed by atoms with Crippen LogP contribution in [0.5, 0.6) is 0 Å². The standard InChI is InChI=1S/C17H17ClN2O2/c1-11-5-3-8-15(12(11)2)20-17(22)10-16(21)19-14-7-4-6-13(18)9-14/h3-9H,10H2,1-2H3,(H,19,21)(H,20,22). The number of rotatable bonds is 4. The quantitative estimate of drug-likeness (QED) is 0.840. The normalized spacial score (nSPS) is 10.1. The van der Waals surface area contributed by atoms with Crippen molar-refractivity contribution in [2.75, 3.05) is 10.6 Å². The maximum absolute atomic E-state index is 11.9. The number of carbonyl (C=O) groups excluding carboxylic acids is 2. The molecular formula is C17H17ClN2O2. The minimum atomic E-state index is -0.384. The molecule has 22 heavy (non-hydrogen) atoms. The fourth-order valence-corrected chi connectivity index (χ4v) is 2.19. The molecule has 0 bridgehead atoms. The van der Waals surface area contributed by atoms with Crippen molar-refractivity contribution in [3.05, 3.63) is 58.6 Å². The number of carbonyl (C=O) groups is 2. The van der Waals surface area contributed by atoms with Gasteiger partial charge >= 0.3 is 0 Å². The number of nitrogens with one attached hydrogen (secondary N) is 2. The van der Waals surface area contributed by atoms with Crippen molar-refractivity contribution in [1.82, 2.24) is 0 Å². The first-order valence-corrected chi connectivity index (χ1v) is 7.25. The van der Waals surface area contributed by atoms with E-state index in [0.29, 0.717) is 10.7 Å². The van der Waals surface area contributed by atoms with Crippen LogP contribution in [0.3, 0.4) is 0 Å². The molecule has 0 saturated carbocycles. The van der Waals surface area contributed by atoms with Crippen LogP contribution < -0.4 is 10.6 Å². The van der Waals surface area contributed by atoms with Gasteiger partial charge in [-0.15, -0.1) is 0 Å². The average Bonchev–Trinajstić information content (AvgIpc) is 2.43. The first-order valence-electron chi connectivity index (χ1n) is 6.87. The van der Waals surface area contributed by atoms with E-state index in [0.717, 1.165) is 16.8 Å². The third kappa shape index (κ3) is 4.33. The summed E-state index contributed by atoms with van der Waals surface area (Å²) < 4.78 is 0. The fraction of sp³-hybridized carbons (Fsp3) is 0.176. The first-order chi connectivity index (χ1) is 10.5. The van der Waals surface area contributed by atoms with Crippen molar-refractivity contribution >= 4 is 34.8 Å². The van der Waals surface area contributed by atoms with Gasteiger partial charge in [0.25, 0.3) is 0 Å². The molecule has 2 aromatic rings. The highest BCUT2D eigenvalue weighted by atomic mass is 35.5. The summed E-state index contributed by atoms with van der Waals surface area (Å²) in [5, 5.41) is 5.92.